The molecule has 4 heteroatoms. The molecule has 0 aliphatic carbocycles. The van der Waals surface area contributed by atoms with Gasteiger partial charge in [-0.3, -0.25) is 0 Å². The monoisotopic (exact) mass is 237 g/mol. The van der Waals surface area contributed by atoms with Gasteiger partial charge in [-0.1, -0.05) is 0 Å². The summed E-state index contributed by atoms with van der Waals surface area (Å²) in [6.45, 7) is 0. The predicted octanol–water partition coefficient (Wildman–Crippen LogP) is 3.78. The molecule has 1 nitrogen and oxygen atoms in total. The molecule has 0 atom stereocenters. The van der Waals surface area contributed by atoms with Crippen molar-refractivity contribution in [1.82, 2.24) is 0 Å². The third-order valence-corrected chi connectivity index (χ3v) is 3.94. The van der Waals surface area contributed by atoms with Crippen LogP contribution in [0.5, 0.6) is 0 Å². The normalized spacial score (nSPS) is 10.4. The molecule has 2 aromatic rings. The van der Waals surface area contributed by atoms with Gasteiger partial charge in [0.2, 0.25) is 0 Å². The Balaban J connectivity index is 2.79. The Morgan fingerprint density at radius 3 is 2.86 bits per heavy atom. The van der Waals surface area contributed by atoms with Crippen molar-refractivity contribution in [2.45, 2.75) is 9.79 Å². The summed E-state index contributed by atoms with van der Waals surface area (Å²) < 4.78 is 1.14. The van der Waals surface area contributed by atoms with Gasteiger partial charge < -0.3 is 0 Å². The minimum absolute atomic E-state index is 0.759. The number of thiol groups is 1. The minimum Gasteiger partial charge on any atom is -0.192 e. The van der Waals surface area contributed by atoms with Gasteiger partial charge in [-0.15, -0.1) is 35.7 Å². The zero-order chi connectivity index (χ0) is 10.1. The van der Waals surface area contributed by atoms with Crippen LogP contribution in [0.2, 0.25) is 0 Å². The van der Waals surface area contributed by atoms with Crippen molar-refractivity contribution in [2.24, 2.45) is 0 Å². The van der Waals surface area contributed by atoms with E-state index >= 15 is 0 Å². The summed E-state index contributed by atoms with van der Waals surface area (Å²) in [6.07, 6.45) is 2.03. The molecule has 0 spiro atoms. The van der Waals surface area contributed by atoms with E-state index in [1.165, 1.54) is 16.2 Å². The average Bonchev–Trinajstić information content (AvgIpc) is 2.59. The molecule has 0 radical (unpaired) electrons. The second-order valence-corrected chi connectivity index (χ2v) is 5.23. The van der Waals surface area contributed by atoms with Crippen LogP contribution < -0.4 is 0 Å². The van der Waals surface area contributed by atoms with E-state index in [1.807, 2.05) is 24.5 Å². The van der Waals surface area contributed by atoms with Crippen molar-refractivity contribution in [3.05, 3.63) is 23.1 Å². The van der Waals surface area contributed by atoms with Gasteiger partial charge >= 0.3 is 0 Å². The van der Waals surface area contributed by atoms with E-state index in [0.717, 1.165) is 19.9 Å². The maximum absolute atomic E-state index is 8.81. The molecule has 0 aliphatic rings. The van der Waals surface area contributed by atoms with Crippen LogP contribution in [-0.4, -0.2) is 6.26 Å². The van der Waals surface area contributed by atoms with E-state index in [1.54, 1.807) is 11.8 Å². The van der Waals surface area contributed by atoms with Crippen LogP contribution in [-0.2, 0) is 0 Å². The fourth-order valence-electron chi connectivity index (χ4n) is 1.32. The Kier molecular flexibility index (Phi) is 2.73. The first-order chi connectivity index (χ1) is 6.74. The standard InChI is InChI=1S/C10H7NS3/c1-13-9-2-6(12)3-10-8(9)4-7(5-11)14-10/h2-4,12H,1H3. The number of rotatable bonds is 1. The Hall–Kier alpha value is -0.630. The van der Waals surface area contributed by atoms with Gasteiger partial charge in [-0.05, 0) is 24.5 Å². The molecule has 0 bridgehead atoms. The van der Waals surface area contributed by atoms with Crippen LogP contribution in [0.3, 0.4) is 0 Å². The number of hydrogen-bond donors (Lipinski definition) is 1. The lowest BCUT2D eigenvalue weighted by Gasteiger charge is -1.99. The molecule has 2 rings (SSSR count). The number of fused-ring (bicyclic) bond motifs is 1. The number of thioether (sulfide) groups is 1. The topological polar surface area (TPSA) is 23.8 Å². The quantitative estimate of drug-likeness (QED) is 0.602. The Morgan fingerprint density at radius 2 is 2.21 bits per heavy atom. The van der Waals surface area contributed by atoms with E-state index < -0.39 is 0 Å². The highest BCUT2D eigenvalue weighted by Crippen LogP contribution is 2.34. The molecule has 14 heavy (non-hydrogen) atoms. The first-order valence-corrected chi connectivity index (χ1v) is 6.44. The highest BCUT2D eigenvalue weighted by Gasteiger charge is 2.06. The van der Waals surface area contributed by atoms with Gasteiger partial charge in [-0.2, -0.15) is 5.26 Å². The number of hydrogen-bond acceptors (Lipinski definition) is 4. The number of thiophene rings is 1. The molecular weight excluding hydrogens is 230 g/mol. The van der Waals surface area contributed by atoms with Crippen LogP contribution in [0, 0.1) is 11.3 Å². The maximum atomic E-state index is 8.81. The number of benzene rings is 1. The van der Waals surface area contributed by atoms with Crippen LogP contribution in [0.25, 0.3) is 10.1 Å². The van der Waals surface area contributed by atoms with E-state index in [2.05, 4.69) is 18.7 Å². The van der Waals surface area contributed by atoms with Gasteiger partial charge in [0, 0.05) is 19.9 Å². The van der Waals surface area contributed by atoms with Crippen LogP contribution in [0.15, 0.2) is 28.0 Å². The lowest BCUT2D eigenvalue weighted by atomic mass is 10.2. The van der Waals surface area contributed by atoms with Crippen molar-refractivity contribution in [2.75, 3.05) is 6.26 Å². The molecule has 1 aromatic heterocycles. The van der Waals surface area contributed by atoms with Gasteiger partial charge in [0.25, 0.3) is 0 Å². The average molecular weight is 237 g/mol. The molecule has 70 valence electrons. The fourth-order valence-corrected chi connectivity index (χ4v) is 3.37. The molecule has 0 N–H and O–H groups in total. The molecule has 0 aliphatic heterocycles. The smallest absolute Gasteiger partial charge is 0.110 e. The summed E-state index contributed by atoms with van der Waals surface area (Å²) in [6, 6.07) is 8.15. The summed E-state index contributed by atoms with van der Waals surface area (Å²) in [5, 5.41) is 9.97. The van der Waals surface area contributed by atoms with Crippen LogP contribution in [0.1, 0.15) is 4.88 Å². The zero-order valence-electron chi connectivity index (χ0n) is 7.44. The van der Waals surface area contributed by atoms with Crippen molar-refractivity contribution in [3.8, 4) is 6.07 Å². The maximum Gasteiger partial charge on any atom is 0.110 e. The molecule has 0 unspecified atom stereocenters. The van der Waals surface area contributed by atoms with E-state index in [9.17, 15) is 0 Å². The number of nitriles is 1. The van der Waals surface area contributed by atoms with E-state index in [0.29, 0.717) is 0 Å². The largest absolute Gasteiger partial charge is 0.192 e. The molecule has 1 heterocycles. The fraction of sp³-hybridized carbons (Fsp3) is 0.100. The first-order valence-electron chi connectivity index (χ1n) is 3.95. The highest BCUT2D eigenvalue weighted by molar-refractivity contribution is 7.98. The van der Waals surface area contributed by atoms with E-state index in [-0.39, 0.29) is 0 Å². The van der Waals surface area contributed by atoms with Crippen LogP contribution >= 0.6 is 35.7 Å². The van der Waals surface area contributed by atoms with Gasteiger partial charge in [0.15, 0.2) is 0 Å². The van der Waals surface area contributed by atoms with Crippen molar-refractivity contribution < 1.29 is 0 Å². The Labute approximate surface area is 96.2 Å². The Bertz CT molecular complexity index is 522. The predicted molar refractivity (Wildman–Crippen MR) is 65.6 cm³/mol. The molecule has 0 fully saturated rings. The second kappa shape index (κ2) is 3.85. The zero-order valence-corrected chi connectivity index (χ0v) is 9.97. The summed E-state index contributed by atoms with van der Waals surface area (Å²) in [4.78, 5) is 2.90. The highest BCUT2D eigenvalue weighted by atomic mass is 32.2. The van der Waals surface area contributed by atoms with Crippen molar-refractivity contribution in [3.63, 3.8) is 0 Å². The second-order valence-electron chi connectivity index (χ2n) is 2.78. The molecule has 1 aromatic carbocycles. The lowest BCUT2D eigenvalue weighted by Crippen LogP contribution is -1.72. The molecular formula is C10H7NS3. The Morgan fingerprint density at radius 1 is 1.43 bits per heavy atom. The van der Waals surface area contributed by atoms with Gasteiger partial charge in [0.1, 0.15) is 10.9 Å². The summed E-state index contributed by atoms with van der Waals surface area (Å²) in [5.41, 5.74) is 0. The third kappa shape index (κ3) is 1.63. The van der Waals surface area contributed by atoms with E-state index in [4.69, 9.17) is 5.26 Å². The van der Waals surface area contributed by atoms with Crippen LogP contribution in [0.4, 0.5) is 0 Å². The molecule has 0 saturated carbocycles. The summed E-state index contributed by atoms with van der Waals surface area (Å²) in [7, 11) is 0. The molecule has 0 saturated heterocycles. The van der Waals surface area contributed by atoms with Gasteiger partial charge in [-0.25, -0.2) is 0 Å². The minimum atomic E-state index is 0.759. The van der Waals surface area contributed by atoms with Crippen molar-refractivity contribution in [1.29, 1.82) is 5.26 Å². The summed E-state index contributed by atoms with van der Waals surface area (Å²) in [5.74, 6) is 0. The SMILES string of the molecule is CSc1cc(S)cc2sc(C#N)cc12. The molecule has 0 amide bonds. The summed E-state index contributed by atoms with van der Waals surface area (Å²) >= 11 is 7.54. The third-order valence-electron chi connectivity index (χ3n) is 1.91. The lowest BCUT2D eigenvalue weighted by molar-refractivity contribution is 1.42. The number of nitrogens with zero attached hydrogens (tertiary/aromatic N) is 1. The van der Waals surface area contributed by atoms with Gasteiger partial charge in [0.05, 0.1) is 0 Å². The first kappa shape index (κ1) is 9.91. The van der Waals surface area contributed by atoms with Crippen molar-refractivity contribution >= 4 is 45.8 Å².